The lowest BCUT2D eigenvalue weighted by Gasteiger charge is -2.19. The zero-order chi connectivity index (χ0) is 28.4. The highest BCUT2D eigenvalue weighted by Crippen LogP contribution is 2.38. The third kappa shape index (κ3) is 6.61. The normalized spacial score (nSPS) is 16.4. The molecule has 2 aromatic carbocycles. The molecule has 0 bridgehead atoms. The van der Waals surface area contributed by atoms with Crippen LogP contribution in [0.4, 0.5) is 34.8 Å². The molecule has 1 aromatic heterocycles. The second-order valence-electron chi connectivity index (χ2n) is 8.86. The fourth-order valence-electron chi connectivity index (χ4n) is 3.56. The van der Waals surface area contributed by atoms with Gasteiger partial charge < -0.3 is 14.8 Å². The Hall–Kier alpha value is -3.81. The minimum Gasteiger partial charge on any atom is -0.496 e. The number of amides is 1. The highest BCUT2D eigenvalue weighted by atomic mass is 32.2. The lowest BCUT2D eigenvalue weighted by molar-refractivity contribution is -0.149. The Labute approximate surface area is 221 Å². The van der Waals surface area contributed by atoms with Crippen molar-refractivity contribution in [3.63, 3.8) is 0 Å². The number of carbonyl (C=O) groups is 1. The molecular formula is C25H25F4N5O4S. The van der Waals surface area contributed by atoms with Crippen molar-refractivity contribution in [2.75, 3.05) is 23.9 Å². The van der Waals surface area contributed by atoms with Crippen LogP contribution in [0, 0.1) is 11.7 Å². The van der Waals surface area contributed by atoms with E-state index in [-0.39, 0.29) is 17.3 Å². The monoisotopic (exact) mass is 567 g/mol. The lowest BCUT2D eigenvalue weighted by atomic mass is 10.2. The molecular weight excluding hydrogens is 542 g/mol. The first-order valence-electron chi connectivity index (χ1n) is 11.8. The molecule has 39 heavy (non-hydrogen) atoms. The average molecular weight is 568 g/mol. The Morgan fingerprint density at radius 3 is 2.54 bits per heavy atom. The second kappa shape index (κ2) is 11.1. The largest absolute Gasteiger partial charge is 0.496 e. The summed E-state index contributed by atoms with van der Waals surface area (Å²) < 4.78 is 80.3. The van der Waals surface area contributed by atoms with Crippen molar-refractivity contribution < 1.29 is 36.0 Å². The van der Waals surface area contributed by atoms with E-state index >= 15 is 0 Å². The Bertz CT molecular complexity index is 1540. The van der Waals surface area contributed by atoms with Crippen LogP contribution in [0.25, 0.3) is 10.9 Å². The Balaban J connectivity index is 1.63. The van der Waals surface area contributed by atoms with E-state index < -0.39 is 39.7 Å². The molecule has 0 spiro atoms. The molecule has 4 rings (SSSR count). The van der Waals surface area contributed by atoms with Crippen LogP contribution in [0.2, 0.25) is 0 Å². The molecule has 0 aliphatic carbocycles. The Kier molecular flexibility index (Phi) is 8.04. The summed E-state index contributed by atoms with van der Waals surface area (Å²) in [5, 5.41) is 3.47. The molecule has 2 heterocycles. The molecule has 1 saturated heterocycles. The number of ether oxygens (including phenoxy) is 2. The quantitative estimate of drug-likeness (QED) is 0.279. The molecule has 1 fully saturated rings. The number of hydrogen-bond acceptors (Lipinski definition) is 8. The molecule has 9 nitrogen and oxygen atoms in total. The summed E-state index contributed by atoms with van der Waals surface area (Å²) in [7, 11) is -0.831. The summed E-state index contributed by atoms with van der Waals surface area (Å²) in [6.07, 6.45) is -3.23. The molecule has 2 atom stereocenters. The van der Waals surface area contributed by atoms with E-state index in [1.165, 1.54) is 26.4 Å². The Morgan fingerprint density at radius 1 is 1.15 bits per heavy atom. The van der Waals surface area contributed by atoms with Gasteiger partial charge in [-0.15, -0.1) is 0 Å². The maximum atomic E-state index is 14.1. The Morgan fingerprint density at radius 2 is 1.90 bits per heavy atom. The van der Waals surface area contributed by atoms with E-state index in [1.54, 1.807) is 12.1 Å². The van der Waals surface area contributed by atoms with E-state index in [9.17, 15) is 26.6 Å². The second-order valence-corrected chi connectivity index (χ2v) is 11.4. The van der Waals surface area contributed by atoms with Gasteiger partial charge >= 0.3 is 6.18 Å². The summed E-state index contributed by atoms with van der Waals surface area (Å²) in [4.78, 5) is 24.1. The van der Waals surface area contributed by atoms with Gasteiger partial charge in [0.05, 0.1) is 45.0 Å². The van der Waals surface area contributed by atoms with Gasteiger partial charge in [-0.1, -0.05) is 0 Å². The number of hydrogen-bond donors (Lipinski definition) is 1. The van der Waals surface area contributed by atoms with Crippen LogP contribution in [-0.4, -0.2) is 57.2 Å². The fraction of sp³-hybridized carbons (Fsp3) is 0.360. The van der Waals surface area contributed by atoms with Crippen molar-refractivity contribution in [2.24, 2.45) is 15.3 Å². The number of aromatic nitrogens is 2. The lowest BCUT2D eigenvalue weighted by Crippen LogP contribution is -2.25. The topological polar surface area (TPSA) is 115 Å². The van der Waals surface area contributed by atoms with Crippen LogP contribution in [0.5, 0.6) is 11.5 Å². The number of fused-ring (bicyclic) bond motifs is 1. The minimum atomic E-state index is -4.54. The van der Waals surface area contributed by atoms with Gasteiger partial charge in [0.1, 0.15) is 29.5 Å². The van der Waals surface area contributed by atoms with Crippen molar-refractivity contribution >= 4 is 49.9 Å². The SMILES string of the molecule is COc1cc(N=S2(=O)CCC2)cc2ncnc(Nc3ccc(F)cc3O[C@H](C)C(=O)/N=C/[C@@H](C)C(F)(F)F)c12. The third-order valence-corrected chi connectivity index (χ3v) is 8.29. The molecule has 3 aromatic rings. The number of aliphatic imine (C=N–C) groups is 1. The maximum Gasteiger partial charge on any atom is 0.396 e. The smallest absolute Gasteiger partial charge is 0.396 e. The van der Waals surface area contributed by atoms with Gasteiger partial charge in [-0.2, -0.15) is 17.5 Å². The minimum absolute atomic E-state index is 0.103. The number of nitrogens with zero attached hydrogens (tertiary/aromatic N) is 4. The van der Waals surface area contributed by atoms with Crippen molar-refractivity contribution in [1.82, 2.24) is 9.97 Å². The summed E-state index contributed by atoms with van der Waals surface area (Å²) in [6, 6.07) is 6.78. The van der Waals surface area contributed by atoms with Crippen LogP contribution in [0.1, 0.15) is 20.3 Å². The molecule has 0 unspecified atom stereocenters. The number of rotatable bonds is 8. The first-order chi connectivity index (χ1) is 18.4. The van der Waals surface area contributed by atoms with Gasteiger partial charge in [-0.25, -0.2) is 23.6 Å². The first-order valence-corrected chi connectivity index (χ1v) is 13.7. The first kappa shape index (κ1) is 28.2. The molecule has 1 aliphatic rings. The highest BCUT2D eigenvalue weighted by Gasteiger charge is 2.35. The summed E-state index contributed by atoms with van der Waals surface area (Å²) in [6.45, 7) is 2.15. The highest BCUT2D eigenvalue weighted by molar-refractivity contribution is 7.95. The van der Waals surface area contributed by atoms with Crippen LogP contribution in [0.15, 0.2) is 46.0 Å². The fourth-order valence-corrected chi connectivity index (χ4v) is 5.02. The van der Waals surface area contributed by atoms with Crippen LogP contribution in [0.3, 0.4) is 0 Å². The van der Waals surface area contributed by atoms with Crippen LogP contribution >= 0.6 is 0 Å². The van der Waals surface area contributed by atoms with Gasteiger partial charge in [0.2, 0.25) is 0 Å². The molecule has 1 aliphatic heterocycles. The van der Waals surface area contributed by atoms with Crippen molar-refractivity contribution in [2.45, 2.75) is 32.5 Å². The van der Waals surface area contributed by atoms with E-state index in [4.69, 9.17) is 9.47 Å². The molecule has 0 radical (unpaired) electrons. The zero-order valence-electron chi connectivity index (χ0n) is 21.2. The maximum absolute atomic E-state index is 14.1. The van der Waals surface area contributed by atoms with E-state index in [0.29, 0.717) is 40.1 Å². The molecule has 0 saturated carbocycles. The number of halogens is 4. The summed E-state index contributed by atoms with van der Waals surface area (Å²) >= 11 is 0. The molecule has 14 heteroatoms. The van der Waals surface area contributed by atoms with E-state index in [1.807, 2.05) is 0 Å². The van der Waals surface area contributed by atoms with E-state index in [0.717, 1.165) is 25.5 Å². The molecule has 1 N–H and O–H groups in total. The van der Waals surface area contributed by atoms with Gasteiger partial charge in [0, 0.05) is 29.9 Å². The van der Waals surface area contributed by atoms with Crippen LogP contribution < -0.4 is 14.8 Å². The average Bonchev–Trinajstić information content (AvgIpc) is 2.86. The van der Waals surface area contributed by atoms with Crippen LogP contribution in [-0.2, 0) is 14.5 Å². The number of benzene rings is 2. The van der Waals surface area contributed by atoms with Crippen molar-refractivity contribution in [3.8, 4) is 11.5 Å². The number of nitrogens with one attached hydrogen (secondary N) is 1. The predicted molar refractivity (Wildman–Crippen MR) is 139 cm³/mol. The molecule has 1 amide bonds. The predicted octanol–water partition coefficient (Wildman–Crippen LogP) is 5.59. The van der Waals surface area contributed by atoms with Crippen molar-refractivity contribution in [3.05, 3.63) is 42.5 Å². The number of alkyl halides is 3. The number of carbonyl (C=O) groups excluding carboxylic acids is 1. The number of anilines is 2. The summed E-state index contributed by atoms with van der Waals surface area (Å²) in [5.41, 5.74) is 1.10. The number of methoxy groups -OCH3 is 1. The summed E-state index contributed by atoms with van der Waals surface area (Å²) in [5.74, 6) is -2.02. The zero-order valence-corrected chi connectivity index (χ0v) is 22.0. The van der Waals surface area contributed by atoms with Gasteiger partial charge in [-0.05, 0) is 38.5 Å². The van der Waals surface area contributed by atoms with Gasteiger partial charge in [0.25, 0.3) is 5.91 Å². The van der Waals surface area contributed by atoms with Crippen molar-refractivity contribution in [1.29, 1.82) is 0 Å². The molecule has 208 valence electrons. The third-order valence-electron chi connectivity index (χ3n) is 5.89. The van der Waals surface area contributed by atoms with Gasteiger partial charge in [-0.3, -0.25) is 4.79 Å². The van der Waals surface area contributed by atoms with E-state index in [2.05, 4.69) is 24.6 Å². The standard InChI is InChI=1S/C25H25F4N5O4S/c1-14(25(27,28)29)12-30-24(35)15(2)38-20-9-16(26)5-6-18(20)33-23-22-19(31-13-32-23)10-17(11-21(22)37-3)34-39(36)7-4-8-39/h5-6,9-15H,4,7-8H2,1-3H3,(H,31,32,33)/b30-12+/t14-,15-/m1/s1. The van der Waals surface area contributed by atoms with Gasteiger partial charge in [0.15, 0.2) is 6.10 Å².